The molecule has 5 nitrogen and oxygen atoms in total. The molecule has 126 valence electrons. The van der Waals surface area contributed by atoms with E-state index in [0.29, 0.717) is 24.4 Å². The molecule has 3 unspecified atom stereocenters. The van der Waals surface area contributed by atoms with Gasteiger partial charge in [0.1, 0.15) is 0 Å². The summed E-state index contributed by atoms with van der Waals surface area (Å²) in [6, 6.07) is 0.424. The van der Waals surface area contributed by atoms with E-state index in [1.54, 1.807) is 0 Å². The largest absolute Gasteiger partial charge is 0.376 e. The van der Waals surface area contributed by atoms with Crippen LogP contribution in [0.3, 0.4) is 0 Å². The van der Waals surface area contributed by atoms with Gasteiger partial charge in [0.15, 0.2) is 5.96 Å². The van der Waals surface area contributed by atoms with Crippen molar-refractivity contribution in [3.05, 3.63) is 0 Å². The van der Waals surface area contributed by atoms with E-state index in [0.717, 1.165) is 25.5 Å². The average Bonchev–Trinajstić information content (AvgIpc) is 3.05. The SMILES string of the molecule is CN=C(NCCOC1CCCCCC1)NC1CC2CCC1O2. The lowest BCUT2D eigenvalue weighted by Gasteiger charge is -2.23. The van der Waals surface area contributed by atoms with Crippen LogP contribution in [0.5, 0.6) is 0 Å². The molecule has 1 aliphatic carbocycles. The second-order valence-corrected chi connectivity index (χ2v) is 6.84. The Labute approximate surface area is 134 Å². The second kappa shape index (κ2) is 8.16. The van der Waals surface area contributed by atoms with Gasteiger partial charge in [-0.05, 0) is 32.1 Å². The zero-order valence-electron chi connectivity index (χ0n) is 13.9. The van der Waals surface area contributed by atoms with Gasteiger partial charge in [-0.3, -0.25) is 4.99 Å². The minimum absolute atomic E-state index is 0.380. The molecule has 2 heterocycles. The highest BCUT2D eigenvalue weighted by atomic mass is 16.5. The van der Waals surface area contributed by atoms with Crippen LogP contribution in [-0.4, -0.2) is 50.5 Å². The summed E-state index contributed by atoms with van der Waals surface area (Å²) in [6.07, 6.45) is 12.7. The molecule has 0 radical (unpaired) electrons. The van der Waals surface area contributed by atoms with Gasteiger partial charge in [0, 0.05) is 13.6 Å². The zero-order valence-corrected chi connectivity index (χ0v) is 13.9. The van der Waals surface area contributed by atoms with Crippen LogP contribution in [0.4, 0.5) is 0 Å². The first kappa shape index (κ1) is 16.1. The summed E-state index contributed by atoms with van der Waals surface area (Å²) >= 11 is 0. The van der Waals surface area contributed by atoms with E-state index in [-0.39, 0.29) is 0 Å². The molecule has 0 aromatic rings. The van der Waals surface area contributed by atoms with Crippen molar-refractivity contribution < 1.29 is 9.47 Å². The Hall–Kier alpha value is -0.810. The molecule has 0 aromatic carbocycles. The summed E-state index contributed by atoms with van der Waals surface area (Å²) in [6.45, 7) is 1.58. The number of nitrogens with one attached hydrogen (secondary N) is 2. The molecule has 3 rings (SSSR count). The van der Waals surface area contributed by atoms with E-state index in [4.69, 9.17) is 9.47 Å². The van der Waals surface area contributed by atoms with Crippen molar-refractivity contribution in [2.24, 2.45) is 4.99 Å². The lowest BCUT2D eigenvalue weighted by Crippen LogP contribution is -2.48. The van der Waals surface area contributed by atoms with Gasteiger partial charge in [-0.25, -0.2) is 0 Å². The number of ether oxygens (including phenoxy) is 2. The summed E-state index contributed by atoms with van der Waals surface area (Å²) in [7, 11) is 1.83. The number of rotatable bonds is 5. The van der Waals surface area contributed by atoms with Crippen molar-refractivity contribution in [3.8, 4) is 0 Å². The van der Waals surface area contributed by atoms with Crippen LogP contribution in [-0.2, 0) is 9.47 Å². The third kappa shape index (κ3) is 4.35. The highest BCUT2D eigenvalue weighted by Crippen LogP contribution is 2.34. The van der Waals surface area contributed by atoms with E-state index in [1.165, 1.54) is 51.4 Å². The van der Waals surface area contributed by atoms with Crippen molar-refractivity contribution >= 4 is 5.96 Å². The zero-order chi connectivity index (χ0) is 15.2. The Kier molecular flexibility index (Phi) is 5.96. The normalized spacial score (nSPS) is 33.0. The van der Waals surface area contributed by atoms with Crippen molar-refractivity contribution in [1.29, 1.82) is 0 Å². The minimum atomic E-state index is 0.380. The van der Waals surface area contributed by atoms with Gasteiger partial charge < -0.3 is 20.1 Å². The molecule has 3 atom stereocenters. The Morgan fingerprint density at radius 3 is 2.59 bits per heavy atom. The average molecular weight is 309 g/mol. The Balaban J connectivity index is 1.31. The van der Waals surface area contributed by atoms with Crippen LogP contribution in [0.15, 0.2) is 4.99 Å². The van der Waals surface area contributed by atoms with Gasteiger partial charge in [-0.1, -0.05) is 25.7 Å². The summed E-state index contributed by atoms with van der Waals surface area (Å²) in [5, 5.41) is 6.87. The number of hydrogen-bond donors (Lipinski definition) is 2. The van der Waals surface area contributed by atoms with Crippen molar-refractivity contribution in [3.63, 3.8) is 0 Å². The Morgan fingerprint density at radius 1 is 1.14 bits per heavy atom. The maximum atomic E-state index is 6.01. The molecule has 0 aromatic heterocycles. The number of fused-ring (bicyclic) bond motifs is 2. The highest BCUT2D eigenvalue weighted by Gasteiger charge is 2.41. The third-order valence-electron chi connectivity index (χ3n) is 5.20. The molecule has 2 N–H and O–H groups in total. The molecule has 1 saturated carbocycles. The van der Waals surface area contributed by atoms with E-state index in [9.17, 15) is 0 Å². The number of nitrogens with zero attached hydrogens (tertiary/aromatic N) is 1. The van der Waals surface area contributed by atoms with Gasteiger partial charge in [0.2, 0.25) is 0 Å². The molecule has 2 bridgehead atoms. The fourth-order valence-corrected chi connectivity index (χ4v) is 3.96. The molecule has 3 aliphatic rings. The fourth-order valence-electron chi connectivity index (χ4n) is 3.96. The number of hydrogen-bond acceptors (Lipinski definition) is 3. The summed E-state index contributed by atoms with van der Waals surface area (Å²) in [5.41, 5.74) is 0. The quantitative estimate of drug-likeness (QED) is 0.354. The molecule has 3 fully saturated rings. The molecular formula is C17H31N3O2. The monoisotopic (exact) mass is 309 g/mol. The minimum Gasteiger partial charge on any atom is -0.376 e. The van der Waals surface area contributed by atoms with E-state index < -0.39 is 0 Å². The van der Waals surface area contributed by atoms with E-state index in [2.05, 4.69) is 15.6 Å². The van der Waals surface area contributed by atoms with Gasteiger partial charge in [0.05, 0.1) is 31.0 Å². The van der Waals surface area contributed by atoms with Gasteiger partial charge in [0.25, 0.3) is 0 Å². The summed E-state index contributed by atoms with van der Waals surface area (Å²) in [5.74, 6) is 0.880. The Bertz CT molecular complexity index is 367. The molecule has 22 heavy (non-hydrogen) atoms. The highest BCUT2D eigenvalue weighted by molar-refractivity contribution is 5.80. The number of guanidine groups is 1. The lowest BCUT2D eigenvalue weighted by atomic mass is 9.96. The molecule has 2 saturated heterocycles. The van der Waals surface area contributed by atoms with Crippen molar-refractivity contribution in [2.75, 3.05) is 20.2 Å². The van der Waals surface area contributed by atoms with Crippen LogP contribution < -0.4 is 10.6 Å². The van der Waals surface area contributed by atoms with Crippen molar-refractivity contribution in [1.82, 2.24) is 10.6 Å². The van der Waals surface area contributed by atoms with Gasteiger partial charge in [-0.15, -0.1) is 0 Å². The Morgan fingerprint density at radius 2 is 1.95 bits per heavy atom. The van der Waals surface area contributed by atoms with Gasteiger partial charge >= 0.3 is 0 Å². The van der Waals surface area contributed by atoms with Crippen LogP contribution >= 0.6 is 0 Å². The predicted octanol–water partition coefficient (Wildman–Crippen LogP) is 2.21. The van der Waals surface area contributed by atoms with E-state index >= 15 is 0 Å². The smallest absolute Gasteiger partial charge is 0.191 e. The molecule has 2 aliphatic heterocycles. The standard InChI is InChI=1S/C17H31N3O2/c1-18-17(20-15-12-14-8-9-16(15)22-14)19-10-11-21-13-6-4-2-3-5-7-13/h13-16H,2-12H2,1H3,(H2,18,19,20). The van der Waals surface area contributed by atoms with Crippen LogP contribution in [0.1, 0.15) is 57.8 Å². The predicted molar refractivity (Wildman–Crippen MR) is 88.2 cm³/mol. The molecule has 0 amide bonds. The first-order chi connectivity index (χ1) is 10.8. The molecule has 5 heteroatoms. The third-order valence-corrected chi connectivity index (χ3v) is 5.20. The van der Waals surface area contributed by atoms with Gasteiger partial charge in [-0.2, -0.15) is 0 Å². The van der Waals surface area contributed by atoms with Crippen LogP contribution in [0.25, 0.3) is 0 Å². The molecular weight excluding hydrogens is 278 g/mol. The van der Waals surface area contributed by atoms with Crippen LogP contribution in [0, 0.1) is 0 Å². The maximum absolute atomic E-state index is 6.01. The summed E-state index contributed by atoms with van der Waals surface area (Å²) in [4.78, 5) is 4.32. The summed E-state index contributed by atoms with van der Waals surface area (Å²) < 4.78 is 11.9. The molecule has 0 spiro atoms. The van der Waals surface area contributed by atoms with E-state index in [1.807, 2.05) is 7.05 Å². The van der Waals surface area contributed by atoms with Crippen molar-refractivity contribution in [2.45, 2.75) is 82.1 Å². The number of aliphatic imine (C=N–C) groups is 1. The maximum Gasteiger partial charge on any atom is 0.191 e. The van der Waals surface area contributed by atoms with Crippen LogP contribution in [0.2, 0.25) is 0 Å². The fraction of sp³-hybridized carbons (Fsp3) is 0.941. The topological polar surface area (TPSA) is 54.9 Å². The lowest BCUT2D eigenvalue weighted by molar-refractivity contribution is 0.0467. The first-order valence-corrected chi connectivity index (χ1v) is 9.09. The first-order valence-electron chi connectivity index (χ1n) is 9.09. The second-order valence-electron chi connectivity index (χ2n) is 6.84.